The summed E-state index contributed by atoms with van der Waals surface area (Å²) in [5, 5.41) is 38.0. The van der Waals surface area contributed by atoms with Crippen molar-refractivity contribution in [3.05, 3.63) is 59.9 Å². The summed E-state index contributed by atoms with van der Waals surface area (Å²) in [5.74, 6) is -4.11. The fourth-order valence-corrected chi connectivity index (χ4v) is 1.65. The highest BCUT2D eigenvalue weighted by Gasteiger charge is 2.40. The van der Waals surface area contributed by atoms with Crippen molar-refractivity contribution in [3.8, 4) is 0 Å². The number of benzene rings is 1. The third kappa shape index (κ3) is 2.06. The van der Waals surface area contributed by atoms with Crippen molar-refractivity contribution in [2.75, 3.05) is 0 Å². The summed E-state index contributed by atoms with van der Waals surface area (Å²) in [6, 6.07) is 8.01. The Bertz CT molecular complexity index is 530. The molecule has 0 aromatic heterocycles. The van der Waals surface area contributed by atoms with E-state index >= 15 is 0 Å². The van der Waals surface area contributed by atoms with Crippen LogP contribution in [-0.4, -0.2) is 37.6 Å². The monoisotopic (exact) mass is 248 g/mol. The average molecular weight is 248 g/mol. The second-order valence-electron chi connectivity index (χ2n) is 4.11. The molecule has 1 aliphatic rings. The highest BCUT2D eigenvalue weighted by molar-refractivity contribution is 6.05. The maximum Gasteiger partial charge on any atom is 0.242 e. The first-order chi connectivity index (χ1) is 8.35. The fraction of sp³-hybridized carbons (Fsp3) is 0.154. The maximum absolute atomic E-state index is 12.1. The Morgan fingerprint density at radius 3 is 2.17 bits per heavy atom. The van der Waals surface area contributed by atoms with Crippen LogP contribution in [-0.2, 0) is 0 Å². The van der Waals surface area contributed by atoms with Crippen LogP contribution in [0.5, 0.6) is 0 Å². The van der Waals surface area contributed by atoms with Crippen LogP contribution < -0.4 is 0 Å². The molecule has 5 heteroatoms. The van der Waals surface area contributed by atoms with E-state index in [0.29, 0.717) is 6.08 Å². The van der Waals surface area contributed by atoms with Crippen LogP contribution in [0.15, 0.2) is 54.3 Å². The minimum atomic E-state index is -2.55. The second kappa shape index (κ2) is 4.06. The number of carbonyl (C=O) groups excluding carboxylic acids is 1. The van der Waals surface area contributed by atoms with E-state index in [4.69, 9.17) is 0 Å². The van der Waals surface area contributed by atoms with Gasteiger partial charge in [0.2, 0.25) is 11.6 Å². The molecule has 0 aliphatic heterocycles. The van der Waals surface area contributed by atoms with E-state index in [1.54, 1.807) is 18.2 Å². The molecule has 0 fully saturated rings. The Morgan fingerprint density at radius 2 is 1.61 bits per heavy atom. The molecule has 1 aromatic rings. The van der Waals surface area contributed by atoms with Crippen molar-refractivity contribution < 1.29 is 25.2 Å². The quantitative estimate of drug-likeness (QED) is 0.342. The van der Waals surface area contributed by atoms with Crippen LogP contribution in [0.4, 0.5) is 0 Å². The summed E-state index contributed by atoms with van der Waals surface area (Å²) in [7, 11) is 0. The average Bonchev–Trinajstić information content (AvgIpc) is 2.35. The molecule has 0 bridgehead atoms. The van der Waals surface area contributed by atoms with Crippen molar-refractivity contribution in [1.82, 2.24) is 0 Å². The lowest BCUT2D eigenvalue weighted by molar-refractivity contribution is -0.115. The van der Waals surface area contributed by atoms with Crippen LogP contribution in [0, 0.1) is 0 Å². The van der Waals surface area contributed by atoms with Crippen LogP contribution in [0.1, 0.15) is 10.4 Å². The van der Waals surface area contributed by atoms with Crippen molar-refractivity contribution in [2.45, 2.75) is 11.4 Å². The van der Waals surface area contributed by atoms with Crippen LogP contribution in [0.3, 0.4) is 0 Å². The van der Waals surface area contributed by atoms with Gasteiger partial charge in [0.05, 0.1) is 0 Å². The van der Waals surface area contributed by atoms with E-state index in [-0.39, 0.29) is 5.56 Å². The lowest BCUT2D eigenvalue weighted by Crippen LogP contribution is -2.42. The van der Waals surface area contributed by atoms with Crippen molar-refractivity contribution in [2.24, 2.45) is 0 Å². The van der Waals surface area contributed by atoms with Crippen molar-refractivity contribution in [1.29, 1.82) is 0 Å². The van der Waals surface area contributed by atoms with Crippen molar-refractivity contribution in [3.63, 3.8) is 0 Å². The van der Waals surface area contributed by atoms with Gasteiger partial charge in [0.25, 0.3) is 0 Å². The first-order valence-electron chi connectivity index (χ1n) is 5.25. The van der Waals surface area contributed by atoms with Gasteiger partial charge in [-0.3, -0.25) is 4.79 Å². The summed E-state index contributed by atoms with van der Waals surface area (Å²) in [6.07, 6.45) is 2.40. The molecule has 1 atom stereocenters. The van der Waals surface area contributed by atoms with Crippen LogP contribution in [0.2, 0.25) is 0 Å². The molecule has 0 radical (unpaired) electrons. The molecular weight excluding hydrogens is 236 g/mol. The molecule has 5 nitrogen and oxygen atoms in total. The molecule has 1 aromatic carbocycles. The van der Waals surface area contributed by atoms with E-state index < -0.39 is 22.9 Å². The number of carbonyl (C=O) groups is 1. The Balaban J connectivity index is 2.38. The third-order valence-electron chi connectivity index (χ3n) is 2.70. The first kappa shape index (κ1) is 12.5. The molecule has 0 spiro atoms. The number of aliphatic hydroxyl groups is 4. The summed E-state index contributed by atoms with van der Waals surface area (Å²) >= 11 is 0. The van der Waals surface area contributed by atoms with Gasteiger partial charge >= 0.3 is 0 Å². The molecule has 18 heavy (non-hydrogen) atoms. The Kier molecular flexibility index (Phi) is 2.82. The predicted octanol–water partition coefficient (Wildman–Crippen LogP) is 0.293. The molecule has 1 unspecified atom stereocenters. The summed E-state index contributed by atoms with van der Waals surface area (Å²) < 4.78 is 0. The molecular formula is C13H12O5. The number of rotatable bonds is 2. The molecule has 94 valence electrons. The van der Waals surface area contributed by atoms with Crippen LogP contribution >= 0.6 is 0 Å². The number of hydrogen-bond acceptors (Lipinski definition) is 5. The minimum Gasteiger partial charge on any atom is -0.507 e. The Hall–Kier alpha value is -1.95. The Morgan fingerprint density at radius 1 is 1.00 bits per heavy atom. The third-order valence-corrected chi connectivity index (χ3v) is 2.70. The molecule has 2 rings (SSSR count). The topological polar surface area (TPSA) is 98.0 Å². The van der Waals surface area contributed by atoms with E-state index in [9.17, 15) is 25.2 Å². The molecule has 0 saturated carbocycles. The van der Waals surface area contributed by atoms with Gasteiger partial charge in [-0.1, -0.05) is 30.3 Å². The lowest BCUT2D eigenvalue weighted by atomic mass is 9.87. The minimum absolute atomic E-state index is 0.247. The maximum atomic E-state index is 12.1. The first-order valence-corrected chi connectivity index (χ1v) is 5.25. The smallest absolute Gasteiger partial charge is 0.242 e. The largest absolute Gasteiger partial charge is 0.507 e. The van der Waals surface area contributed by atoms with E-state index in [2.05, 4.69) is 0 Å². The number of ketones is 1. The zero-order valence-corrected chi connectivity index (χ0v) is 9.32. The number of Topliss-reactive ketones (excluding diaryl/α,β-unsaturated/α-hetero) is 1. The van der Waals surface area contributed by atoms with Gasteiger partial charge in [-0.05, 0) is 12.2 Å². The van der Waals surface area contributed by atoms with E-state index in [1.165, 1.54) is 12.1 Å². The molecule has 1 aliphatic carbocycles. The number of hydrogen-bond donors (Lipinski definition) is 4. The predicted molar refractivity (Wildman–Crippen MR) is 62.7 cm³/mol. The normalized spacial score (nSPS) is 25.6. The van der Waals surface area contributed by atoms with Gasteiger partial charge in [0, 0.05) is 11.6 Å². The van der Waals surface area contributed by atoms with Gasteiger partial charge in [-0.25, -0.2) is 0 Å². The molecule has 0 heterocycles. The molecule has 4 N–H and O–H groups in total. The highest BCUT2D eigenvalue weighted by atomic mass is 16.5. The molecule has 0 saturated heterocycles. The standard InChI is InChI=1S/C13H12O5/c14-10-8-12(16,6-7-13(10,17)18)11(15)9-4-2-1-3-5-9/h1-8,14,16-18H. The summed E-state index contributed by atoms with van der Waals surface area (Å²) in [6.45, 7) is 0. The summed E-state index contributed by atoms with van der Waals surface area (Å²) in [4.78, 5) is 12.1. The fourth-order valence-electron chi connectivity index (χ4n) is 1.65. The van der Waals surface area contributed by atoms with E-state index in [0.717, 1.165) is 12.2 Å². The van der Waals surface area contributed by atoms with Crippen LogP contribution in [0.25, 0.3) is 0 Å². The summed E-state index contributed by atoms with van der Waals surface area (Å²) in [5.41, 5.74) is -1.84. The van der Waals surface area contributed by atoms with Crippen molar-refractivity contribution >= 4 is 5.78 Å². The SMILES string of the molecule is O=C(c1ccccc1)C1(O)C=CC(O)(O)C(O)=C1. The number of aliphatic hydroxyl groups excluding tert-OH is 1. The molecule has 0 amide bonds. The lowest BCUT2D eigenvalue weighted by Gasteiger charge is -2.28. The van der Waals surface area contributed by atoms with E-state index in [1.807, 2.05) is 0 Å². The zero-order chi connectivity index (χ0) is 13.4. The van der Waals surface area contributed by atoms with Gasteiger partial charge in [0.15, 0.2) is 11.4 Å². The second-order valence-corrected chi connectivity index (χ2v) is 4.11. The Labute approximate surface area is 103 Å². The zero-order valence-electron chi connectivity index (χ0n) is 9.32. The van der Waals surface area contributed by atoms with Gasteiger partial charge in [0.1, 0.15) is 0 Å². The highest BCUT2D eigenvalue weighted by Crippen LogP contribution is 2.27. The van der Waals surface area contributed by atoms with Gasteiger partial charge < -0.3 is 20.4 Å². The van der Waals surface area contributed by atoms with Gasteiger partial charge in [-0.15, -0.1) is 0 Å². The van der Waals surface area contributed by atoms with Gasteiger partial charge in [-0.2, -0.15) is 0 Å².